The van der Waals surface area contributed by atoms with Crippen molar-refractivity contribution in [3.63, 3.8) is 0 Å². The molecule has 2 rings (SSSR count). The first kappa shape index (κ1) is 29.5. The van der Waals surface area contributed by atoms with E-state index in [0.29, 0.717) is 18.4 Å². The third kappa shape index (κ3) is 8.71. The smallest absolute Gasteiger partial charge is 0.410 e. The molecule has 0 bridgehead atoms. The summed E-state index contributed by atoms with van der Waals surface area (Å²) in [4.78, 5) is 14.2. The third-order valence-electron chi connectivity index (χ3n) is 6.49. The molecule has 6 heteroatoms. The van der Waals surface area contributed by atoms with Gasteiger partial charge in [-0.25, -0.2) is 4.79 Å². The lowest BCUT2D eigenvalue weighted by atomic mass is 9.82. The summed E-state index contributed by atoms with van der Waals surface area (Å²) < 4.78 is 6.62. The van der Waals surface area contributed by atoms with Gasteiger partial charge in [-0.1, -0.05) is 66.0 Å². The zero-order chi connectivity index (χ0) is 26.2. The Morgan fingerprint density at radius 2 is 2.06 bits per heavy atom. The average Bonchev–Trinajstić information content (AvgIpc) is 2.86. The predicted octanol–water partition coefficient (Wildman–Crippen LogP) is 8.67. The lowest BCUT2D eigenvalue weighted by molar-refractivity contribution is 0.0251. The summed E-state index contributed by atoms with van der Waals surface area (Å²) in [6, 6.07) is 6.33. The number of nitrogens with one attached hydrogen (secondary N) is 1. The largest absolute Gasteiger partial charge is 0.444 e. The highest BCUT2D eigenvalue weighted by molar-refractivity contribution is 9.12. The molecular weight excluding hydrogens is 524 g/mol. The molecular formula is C29H42BrClN2O2. The number of carbonyl (C=O) groups is 1. The van der Waals surface area contributed by atoms with Crippen LogP contribution in [0.1, 0.15) is 84.3 Å². The van der Waals surface area contributed by atoms with Gasteiger partial charge in [0.1, 0.15) is 5.60 Å². The summed E-state index contributed by atoms with van der Waals surface area (Å²) in [7, 11) is 0. The Morgan fingerprint density at radius 1 is 1.34 bits per heavy atom. The average molecular weight is 566 g/mol. The number of halogens is 2. The van der Waals surface area contributed by atoms with E-state index in [4.69, 9.17) is 16.3 Å². The van der Waals surface area contributed by atoms with Crippen LogP contribution in [0.4, 0.5) is 4.79 Å². The van der Waals surface area contributed by atoms with Crippen molar-refractivity contribution in [2.75, 3.05) is 13.1 Å². The Balaban J connectivity index is 2.07. The fourth-order valence-electron chi connectivity index (χ4n) is 4.66. The van der Waals surface area contributed by atoms with E-state index in [9.17, 15) is 4.79 Å². The van der Waals surface area contributed by atoms with Gasteiger partial charge in [-0.2, -0.15) is 0 Å². The van der Waals surface area contributed by atoms with E-state index in [0.717, 1.165) is 47.3 Å². The van der Waals surface area contributed by atoms with Crippen molar-refractivity contribution in [2.24, 2.45) is 5.92 Å². The van der Waals surface area contributed by atoms with Gasteiger partial charge in [0, 0.05) is 28.5 Å². The molecule has 0 aliphatic heterocycles. The van der Waals surface area contributed by atoms with Crippen molar-refractivity contribution >= 4 is 39.7 Å². The van der Waals surface area contributed by atoms with Crippen LogP contribution in [0.15, 0.2) is 47.1 Å². The molecule has 0 aromatic heterocycles. The van der Waals surface area contributed by atoms with Gasteiger partial charge in [0.05, 0.1) is 6.04 Å². The number of rotatable bonds is 10. The van der Waals surface area contributed by atoms with E-state index < -0.39 is 5.60 Å². The maximum Gasteiger partial charge on any atom is 0.410 e. The second-order valence-corrected chi connectivity index (χ2v) is 11.6. The number of ether oxygens (including phenoxy) is 1. The number of amides is 1. The number of carbonyl (C=O) groups excluding carboxylic acids is 1. The molecule has 4 nitrogen and oxygen atoms in total. The monoisotopic (exact) mass is 564 g/mol. The Hall–Kier alpha value is -1.72. The van der Waals surface area contributed by atoms with Gasteiger partial charge < -0.3 is 15.0 Å². The van der Waals surface area contributed by atoms with Crippen LogP contribution in [-0.2, 0) is 4.74 Å². The Labute approximate surface area is 226 Å². The number of nitrogens with zero attached hydrogens (tertiary/aromatic N) is 1. The maximum atomic E-state index is 12.4. The highest BCUT2D eigenvalue weighted by atomic mass is 79.9. The van der Waals surface area contributed by atoms with E-state index >= 15 is 0 Å². The molecule has 1 aromatic carbocycles. The van der Waals surface area contributed by atoms with Crippen LogP contribution in [0.25, 0.3) is 6.08 Å². The van der Waals surface area contributed by atoms with Crippen molar-refractivity contribution in [2.45, 2.75) is 84.8 Å². The molecule has 1 aromatic rings. The van der Waals surface area contributed by atoms with Crippen LogP contribution in [0.5, 0.6) is 0 Å². The first-order chi connectivity index (χ1) is 16.5. The summed E-state index contributed by atoms with van der Waals surface area (Å²) >= 11 is 10.1. The SMILES string of the molecule is C=CNC1/C(=C\C)C(Br)=Cc2cc(Cl)ccc2C1CCCC(C)CCN(CC)C(=O)OC(C)(C)C. The predicted molar refractivity (Wildman–Crippen MR) is 153 cm³/mol. The molecule has 0 spiro atoms. The van der Waals surface area contributed by atoms with Gasteiger partial charge in [0.15, 0.2) is 0 Å². The summed E-state index contributed by atoms with van der Waals surface area (Å²) in [5, 5.41) is 4.26. The third-order valence-corrected chi connectivity index (χ3v) is 7.41. The molecule has 194 valence electrons. The quantitative estimate of drug-likeness (QED) is 0.308. The molecule has 0 fully saturated rings. The van der Waals surface area contributed by atoms with Gasteiger partial charge in [-0.15, -0.1) is 0 Å². The van der Waals surface area contributed by atoms with E-state index in [1.165, 1.54) is 11.1 Å². The van der Waals surface area contributed by atoms with Crippen molar-refractivity contribution in [1.29, 1.82) is 0 Å². The van der Waals surface area contributed by atoms with Gasteiger partial charge in [0.25, 0.3) is 0 Å². The number of benzene rings is 1. The van der Waals surface area contributed by atoms with Crippen LogP contribution in [0, 0.1) is 5.92 Å². The zero-order valence-electron chi connectivity index (χ0n) is 22.2. The summed E-state index contributed by atoms with van der Waals surface area (Å²) in [5.74, 6) is 0.803. The molecule has 35 heavy (non-hydrogen) atoms. The molecule has 0 saturated carbocycles. The van der Waals surface area contributed by atoms with Gasteiger partial charge in [-0.3, -0.25) is 0 Å². The number of hydrogen-bond donors (Lipinski definition) is 1. The fourth-order valence-corrected chi connectivity index (χ4v) is 5.56. The van der Waals surface area contributed by atoms with Crippen molar-refractivity contribution in [1.82, 2.24) is 10.2 Å². The normalized spacial score (nSPS) is 19.9. The van der Waals surface area contributed by atoms with Crippen LogP contribution < -0.4 is 5.32 Å². The topological polar surface area (TPSA) is 41.6 Å². The molecule has 0 heterocycles. The van der Waals surface area contributed by atoms with Crippen LogP contribution in [0.3, 0.4) is 0 Å². The molecule has 1 amide bonds. The minimum Gasteiger partial charge on any atom is -0.444 e. The minimum absolute atomic E-state index is 0.128. The Morgan fingerprint density at radius 3 is 2.66 bits per heavy atom. The zero-order valence-corrected chi connectivity index (χ0v) is 24.5. The molecule has 1 N–H and O–H groups in total. The molecule has 0 saturated heterocycles. The highest BCUT2D eigenvalue weighted by Gasteiger charge is 2.30. The second-order valence-electron chi connectivity index (χ2n) is 10.3. The van der Waals surface area contributed by atoms with Gasteiger partial charge in [0.2, 0.25) is 0 Å². The van der Waals surface area contributed by atoms with Crippen molar-refractivity contribution in [3.8, 4) is 0 Å². The molecule has 3 atom stereocenters. The summed E-state index contributed by atoms with van der Waals surface area (Å²) in [6.45, 7) is 17.4. The molecule has 0 radical (unpaired) electrons. The molecule has 3 unspecified atom stereocenters. The lowest BCUT2D eigenvalue weighted by Crippen LogP contribution is -2.37. The number of hydrogen-bond acceptors (Lipinski definition) is 3. The molecule has 1 aliphatic rings. The van der Waals surface area contributed by atoms with Crippen molar-refractivity contribution in [3.05, 3.63) is 63.3 Å². The fraction of sp³-hybridized carbons (Fsp3) is 0.552. The van der Waals surface area contributed by atoms with Crippen LogP contribution in [0.2, 0.25) is 5.02 Å². The first-order valence-corrected chi connectivity index (χ1v) is 13.9. The second kappa shape index (κ2) is 13.5. The lowest BCUT2D eigenvalue weighted by Gasteiger charge is -2.30. The van der Waals surface area contributed by atoms with E-state index in [2.05, 4.69) is 59.9 Å². The van der Waals surface area contributed by atoms with Gasteiger partial charge in [-0.05, 0) is 94.5 Å². The van der Waals surface area contributed by atoms with Crippen LogP contribution in [-0.4, -0.2) is 35.7 Å². The number of allylic oxidation sites excluding steroid dienone is 1. The highest BCUT2D eigenvalue weighted by Crippen LogP contribution is 2.41. The van der Waals surface area contributed by atoms with E-state index in [-0.39, 0.29) is 12.1 Å². The molecule has 1 aliphatic carbocycles. The summed E-state index contributed by atoms with van der Waals surface area (Å²) in [5.41, 5.74) is 3.22. The maximum absolute atomic E-state index is 12.4. The Bertz CT molecular complexity index is 935. The van der Waals surface area contributed by atoms with Crippen LogP contribution >= 0.6 is 27.5 Å². The van der Waals surface area contributed by atoms with E-state index in [1.807, 2.05) is 39.8 Å². The standard InChI is InChI=1S/C29H42BrClN2O2/c1-8-23-26(30)19-21-18-22(31)14-15-24(21)25(27(23)32-9-2)13-11-12-20(4)16-17-33(10-3)28(34)35-29(5,6)7/h8-9,14-15,18-20,25,27,32H,2,10-13,16-17H2,1,3-7H3/b23-8-. The summed E-state index contributed by atoms with van der Waals surface area (Å²) in [6.07, 6.45) is 10.1. The Kier molecular flexibility index (Phi) is 11.4. The number of fused-ring (bicyclic) bond motifs is 1. The van der Waals surface area contributed by atoms with Gasteiger partial charge >= 0.3 is 6.09 Å². The first-order valence-electron chi connectivity index (χ1n) is 12.7. The minimum atomic E-state index is -0.471. The van der Waals surface area contributed by atoms with E-state index in [1.54, 1.807) is 11.1 Å². The van der Waals surface area contributed by atoms with Crippen molar-refractivity contribution < 1.29 is 9.53 Å².